The van der Waals surface area contributed by atoms with Crippen molar-refractivity contribution in [1.29, 1.82) is 0 Å². The smallest absolute Gasteiger partial charge is 0.239 e. The van der Waals surface area contributed by atoms with Crippen LogP contribution in [0.5, 0.6) is 0 Å². The summed E-state index contributed by atoms with van der Waals surface area (Å²) in [5.74, 6) is 0.149. The number of rotatable bonds is 8. The summed E-state index contributed by atoms with van der Waals surface area (Å²) in [7, 11) is 0. The highest BCUT2D eigenvalue weighted by Crippen LogP contribution is 2.12. The van der Waals surface area contributed by atoms with Crippen molar-refractivity contribution >= 4 is 24.0 Å². The van der Waals surface area contributed by atoms with Gasteiger partial charge in [-0.3, -0.25) is 4.79 Å². The van der Waals surface area contributed by atoms with E-state index in [0.717, 1.165) is 18.5 Å². The number of carbonyl (C=O) groups excluding carboxylic acids is 1. The molecule has 0 bridgehead atoms. The average molecular weight is 301 g/mol. The van der Waals surface area contributed by atoms with Gasteiger partial charge in [-0.2, -0.15) is 0 Å². The van der Waals surface area contributed by atoms with Gasteiger partial charge in [0.2, 0.25) is 5.91 Å². The third-order valence-electron chi connectivity index (χ3n) is 3.33. The Balaban J connectivity index is 0.00000361. The Kier molecular flexibility index (Phi) is 9.86. The number of para-hydroxylation sites is 1. The van der Waals surface area contributed by atoms with E-state index in [4.69, 9.17) is 0 Å². The van der Waals surface area contributed by atoms with Crippen molar-refractivity contribution in [3.05, 3.63) is 30.3 Å². The summed E-state index contributed by atoms with van der Waals surface area (Å²) >= 11 is 0. The Hall–Kier alpha value is -1.26. The van der Waals surface area contributed by atoms with Crippen LogP contribution in [-0.4, -0.2) is 30.2 Å². The Labute approximate surface area is 127 Å². The SMILES string of the molecule is CCC(CC)C(O)CNC(=O)CNc1ccccc1.Cl. The van der Waals surface area contributed by atoms with Gasteiger partial charge in [-0.1, -0.05) is 44.9 Å². The zero-order valence-electron chi connectivity index (χ0n) is 12.1. The largest absolute Gasteiger partial charge is 0.391 e. The Morgan fingerprint density at radius 1 is 1.20 bits per heavy atom. The standard InChI is InChI=1S/C15H24N2O2.ClH/c1-3-12(4-2)14(18)10-17-15(19)11-16-13-8-6-5-7-9-13;/h5-9,12,14,16,18H,3-4,10-11H2,1-2H3,(H,17,19);1H. The Morgan fingerprint density at radius 3 is 2.35 bits per heavy atom. The predicted octanol–water partition coefficient (Wildman–Crippen LogP) is 2.43. The summed E-state index contributed by atoms with van der Waals surface area (Å²) in [5.41, 5.74) is 0.915. The number of amides is 1. The van der Waals surface area contributed by atoms with E-state index >= 15 is 0 Å². The fourth-order valence-corrected chi connectivity index (χ4v) is 2.02. The molecule has 1 rings (SSSR count). The molecule has 0 aliphatic carbocycles. The van der Waals surface area contributed by atoms with Gasteiger partial charge in [0.25, 0.3) is 0 Å². The van der Waals surface area contributed by atoms with E-state index in [1.165, 1.54) is 0 Å². The lowest BCUT2D eigenvalue weighted by Gasteiger charge is -2.20. The van der Waals surface area contributed by atoms with Gasteiger partial charge < -0.3 is 15.7 Å². The molecule has 3 N–H and O–H groups in total. The van der Waals surface area contributed by atoms with E-state index < -0.39 is 6.10 Å². The van der Waals surface area contributed by atoms with Crippen LogP contribution in [0.25, 0.3) is 0 Å². The van der Waals surface area contributed by atoms with E-state index in [1.54, 1.807) is 0 Å². The van der Waals surface area contributed by atoms with E-state index in [9.17, 15) is 9.90 Å². The van der Waals surface area contributed by atoms with Crippen molar-refractivity contribution < 1.29 is 9.90 Å². The maximum Gasteiger partial charge on any atom is 0.239 e. The second-order valence-electron chi connectivity index (χ2n) is 4.67. The van der Waals surface area contributed by atoms with Crippen LogP contribution in [0.3, 0.4) is 0 Å². The molecule has 0 aliphatic heterocycles. The van der Waals surface area contributed by atoms with Crippen molar-refractivity contribution in [3.8, 4) is 0 Å². The highest BCUT2D eigenvalue weighted by molar-refractivity contribution is 5.85. The molecule has 1 aromatic rings. The summed E-state index contributed by atoms with van der Waals surface area (Å²) in [4.78, 5) is 11.6. The fraction of sp³-hybridized carbons (Fsp3) is 0.533. The first kappa shape index (κ1) is 18.7. The van der Waals surface area contributed by atoms with Gasteiger partial charge >= 0.3 is 0 Å². The minimum Gasteiger partial charge on any atom is -0.391 e. The molecule has 20 heavy (non-hydrogen) atoms. The normalized spacial score (nSPS) is 11.6. The molecule has 0 saturated heterocycles. The quantitative estimate of drug-likeness (QED) is 0.691. The van der Waals surface area contributed by atoms with Gasteiger partial charge in [-0.25, -0.2) is 0 Å². The van der Waals surface area contributed by atoms with Crippen LogP contribution in [0.15, 0.2) is 30.3 Å². The molecule has 1 amide bonds. The van der Waals surface area contributed by atoms with Crippen LogP contribution in [0, 0.1) is 5.92 Å². The number of benzene rings is 1. The number of aliphatic hydroxyl groups excluding tert-OH is 1. The number of anilines is 1. The third-order valence-corrected chi connectivity index (χ3v) is 3.33. The second kappa shape index (κ2) is 10.5. The molecular weight excluding hydrogens is 276 g/mol. The molecule has 0 aliphatic rings. The van der Waals surface area contributed by atoms with Crippen LogP contribution in [-0.2, 0) is 4.79 Å². The molecule has 5 heteroatoms. The average Bonchev–Trinajstić information content (AvgIpc) is 2.45. The van der Waals surface area contributed by atoms with Crippen LogP contribution in [0.1, 0.15) is 26.7 Å². The molecular formula is C15H25ClN2O2. The van der Waals surface area contributed by atoms with Crippen LogP contribution < -0.4 is 10.6 Å². The van der Waals surface area contributed by atoms with Gasteiger partial charge in [0.05, 0.1) is 12.6 Å². The van der Waals surface area contributed by atoms with Gasteiger partial charge in [0.1, 0.15) is 0 Å². The molecule has 1 atom stereocenters. The molecule has 0 heterocycles. The monoisotopic (exact) mass is 300 g/mol. The zero-order chi connectivity index (χ0) is 14.1. The summed E-state index contributed by atoms with van der Waals surface area (Å²) in [5, 5.41) is 15.7. The number of hydrogen-bond acceptors (Lipinski definition) is 3. The van der Waals surface area contributed by atoms with Crippen molar-refractivity contribution in [2.45, 2.75) is 32.8 Å². The number of aliphatic hydroxyl groups is 1. The first-order valence-electron chi connectivity index (χ1n) is 6.91. The minimum atomic E-state index is -0.462. The molecule has 0 fully saturated rings. The van der Waals surface area contributed by atoms with Crippen molar-refractivity contribution in [2.75, 3.05) is 18.4 Å². The highest BCUT2D eigenvalue weighted by Gasteiger charge is 2.15. The lowest BCUT2D eigenvalue weighted by molar-refractivity contribution is -0.120. The van der Waals surface area contributed by atoms with Crippen LogP contribution in [0.2, 0.25) is 0 Å². The van der Waals surface area contributed by atoms with E-state index in [1.807, 2.05) is 30.3 Å². The van der Waals surface area contributed by atoms with Crippen molar-refractivity contribution in [2.24, 2.45) is 5.92 Å². The fourth-order valence-electron chi connectivity index (χ4n) is 2.02. The maximum atomic E-state index is 11.6. The maximum absolute atomic E-state index is 11.6. The summed E-state index contributed by atoms with van der Waals surface area (Å²) < 4.78 is 0. The summed E-state index contributed by atoms with van der Waals surface area (Å²) in [6.45, 7) is 4.65. The number of carbonyl (C=O) groups is 1. The molecule has 4 nitrogen and oxygen atoms in total. The molecule has 0 saturated carbocycles. The topological polar surface area (TPSA) is 61.4 Å². The van der Waals surface area contributed by atoms with E-state index in [2.05, 4.69) is 24.5 Å². The van der Waals surface area contributed by atoms with Crippen molar-refractivity contribution in [1.82, 2.24) is 5.32 Å². The summed E-state index contributed by atoms with van der Waals surface area (Å²) in [6.07, 6.45) is 1.39. The third kappa shape index (κ3) is 6.78. The molecule has 114 valence electrons. The van der Waals surface area contributed by atoms with Gasteiger partial charge in [0.15, 0.2) is 0 Å². The highest BCUT2D eigenvalue weighted by atomic mass is 35.5. The van der Waals surface area contributed by atoms with E-state index in [-0.39, 0.29) is 30.8 Å². The van der Waals surface area contributed by atoms with Crippen LogP contribution >= 0.6 is 12.4 Å². The second-order valence-corrected chi connectivity index (χ2v) is 4.67. The molecule has 0 aromatic heterocycles. The van der Waals surface area contributed by atoms with Gasteiger partial charge in [0, 0.05) is 12.2 Å². The lowest BCUT2D eigenvalue weighted by atomic mass is 9.96. The van der Waals surface area contributed by atoms with Gasteiger partial charge in [-0.05, 0) is 18.1 Å². The number of hydrogen-bond donors (Lipinski definition) is 3. The Morgan fingerprint density at radius 2 is 1.80 bits per heavy atom. The first-order chi connectivity index (χ1) is 9.17. The van der Waals surface area contributed by atoms with E-state index in [0.29, 0.717) is 6.54 Å². The zero-order valence-corrected chi connectivity index (χ0v) is 13.0. The van der Waals surface area contributed by atoms with Crippen molar-refractivity contribution in [3.63, 3.8) is 0 Å². The first-order valence-corrected chi connectivity index (χ1v) is 6.91. The summed E-state index contributed by atoms with van der Waals surface area (Å²) in [6, 6.07) is 9.57. The predicted molar refractivity (Wildman–Crippen MR) is 85.3 cm³/mol. The minimum absolute atomic E-state index is 0. The molecule has 0 radical (unpaired) electrons. The van der Waals surface area contributed by atoms with Gasteiger partial charge in [-0.15, -0.1) is 12.4 Å². The number of halogens is 1. The lowest BCUT2D eigenvalue weighted by Crippen LogP contribution is -2.38. The Bertz CT molecular complexity index is 369. The molecule has 1 unspecified atom stereocenters. The number of nitrogens with one attached hydrogen (secondary N) is 2. The van der Waals surface area contributed by atoms with Crippen LogP contribution in [0.4, 0.5) is 5.69 Å². The molecule has 1 aromatic carbocycles. The molecule has 0 spiro atoms.